The molecule has 0 aliphatic heterocycles. The van der Waals surface area contributed by atoms with Crippen LogP contribution < -0.4 is 20.8 Å². The third-order valence-corrected chi connectivity index (χ3v) is 2.71. The molecule has 2 rings (SSSR count). The van der Waals surface area contributed by atoms with Crippen LogP contribution in [-0.4, -0.2) is 17.1 Å². The number of rotatable bonds is 4. The summed E-state index contributed by atoms with van der Waals surface area (Å²) in [4.78, 5) is 18.5. The molecule has 0 saturated carbocycles. The molecule has 6 nitrogen and oxygen atoms in total. The number of H-pyrrole nitrogens is 1. The molecule has 20 heavy (non-hydrogen) atoms. The van der Waals surface area contributed by atoms with Crippen LogP contribution in [0.15, 0.2) is 29.1 Å². The molecule has 0 amide bonds. The van der Waals surface area contributed by atoms with Gasteiger partial charge in [0.25, 0.3) is 5.56 Å². The predicted octanol–water partition coefficient (Wildman–Crippen LogP) is 2.28. The molecule has 1 aromatic carbocycles. The van der Waals surface area contributed by atoms with Crippen molar-refractivity contribution in [1.82, 2.24) is 9.97 Å². The van der Waals surface area contributed by atoms with Crippen LogP contribution in [0.2, 0.25) is 0 Å². The van der Waals surface area contributed by atoms with Crippen LogP contribution in [0.4, 0.5) is 5.69 Å². The molecule has 1 aromatic heterocycles. The quantitative estimate of drug-likeness (QED) is 0.835. The van der Waals surface area contributed by atoms with E-state index in [1.807, 2.05) is 13.8 Å². The molecule has 3 N–H and O–H groups in total. The summed E-state index contributed by atoms with van der Waals surface area (Å²) >= 11 is 0. The van der Waals surface area contributed by atoms with Crippen molar-refractivity contribution in [3.8, 4) is 17.4 Å². The van der Waals surface area contributed by atoms with Crippen LogP contribution in [-0.2, 0) is 0 Å². The Morgan fingerprint density at radius 2 is 2.05 bits per heavy atom. The molecule has 0 bridgehead atoms. The number of ether oxygens (including phenoxy) is 2. The van der Waals surface area contributed by atoms with Crippen LogP contribution in [0.1, 0.15) is 25.6 Å². The summed E-state index contributed by atoms with van der Waals surface area (Å²) < 4.78 is 10.6. The fourth-order valence-electron chi connectivity index (χ4n) is 1.68. The van der Waals surface area contributed by atoms with Gasteiger partial charge in [-0.3, -0.25) is 4.79 Å². The van der Waals surface area contributed by atoms with E-state index in [0.717, 1.165) is 0 Å². The zero-order valence-corrected chi connectivity index (χ0v) is 11.6. The van der Waals surface area contributed by atoms with Gasteiger partial charge in [0.15, 0.2) is 0 Å². The number of hydrogen-bond donors (Lipinski definition) is 2. The fraction of sp³-hybridized carbons (Fsp3) is 0.286. The van der Waals surface area contributed by atoms with Crippen molar-refractivity contribution < 1.29 is 9.47 Å². The first-order valence-corrected chi connectivity index (χ1v) is 6.22. The first kappa shape index (κ1) is 13.9. The van der Waals surface area contributed by atoms with Gasteiger partial charge in [-0.25, -0.2) is 0 Å². The van der Waals surface area contributed by atoms with Gasteiger partial charge in [0.1, 0.15) is 17.3 Å². The lowest BCUT2D eigenvalue weighted by atomic mass is 10.2. The maximum absolute atomic E-state index is 11.6. The van der Waals surface area contributed by atoms with Crippen LogP contribution in [0.3, 0.4) is 0 Å². The standard InChI is InChI=1S/C14H17N3O3/c1-8(2)14-16-12(18)7-13(17-14)20-9-4-5-11(19-3)10(15)6-9/h4-8H,15H2,1-3H3,(H,16,17,18). The molecular weight excluding hydrogens is 258 g/mol. The van der Waals surface area contributed by atoms with Gasteiger partial charge < -0.3 is 20.2 Å². The highest BCUT2D eigenvalue weighted by molar-refractivity contribution is 5.56. The Hall–Kier alpha value is -2.50. The van der Waals surface area contributed by atoms with Crippen molar-refractivity contribution in [1.29, 1.82) is 0 Å². The average Bonchev–Trinajstić information content (AvgIpc) is 2.38. The van der Waals surface area contributed by atoms with Gasteiger partial charge in [-0.15, -0.1) is 0 Å². The molecule has 0 saturated heterocycles. The molecule has 1 heterocycles. The highest BCUT2D eigenvalue weighted by atomic mass is 16.5. The summed E-state index contributed by atoms with van der Waals surface area (Å²) in [6.45, 7) is 3.88. The molecule has 0 spiro atoms. The topological polar surface area (TPSA) is 90.2 Å². The average molecular weight is 275 g/mol. The molecule has 0 unspecified atom stereocenters. The SMILES string of the molecule is COc1ccc(Oc2cc(=O)[nH]c(C(C)C)n2)cc1N. The number of nitrogens with one attached hydrogen (secondary N) is 1. The second-order valence-corrected chi connectivity index (χ2v) is 4.63. The Morgan fingerprint density at radius 3 is 2.65 bits per heavy atom. The zero-order valence-electron chi connectivity index (χ0n) is 11.6. The van der Waals surface area contributed by atoms with Crippen molar-refractivity contribution >= 4 is 5.69 Å². The van der Waals surface area contributed by atoms with E-state index in [1.165, 1.54) is 6.07 Å². The van der Waals surface area contributed by atoms with E-state index in [1.54, 1.807) is 25.3 Å². The van der Waals surface area contributed by atoms with E-state index < -0.39 is 0 Å². The third-order valence-electron chi connectivity index (χ3n) is 2.71. The van der Waals surface area contributed by atoms with Gasteiger partial charge in [0.05, 0.1) is 18.9 Å². The highest BCUT2D eigenvalue weighted by Crippen LogP contribution is 2.28. The monoisotopic (exact) mass is 275 g/mol. The molecule has 2 aromatic rings. The Balaban J connectivity index is 2.30. The molecule has 0 fully saturated rings. The number of hydrogen-bond acceptors (Lipinski definition) is 5. The van der Waals surface area contributed by atoms with Gasteiger partial charge in [-0.2, -0.15) is 4.98 Å². The van der Waals surface area contributed by atoms with E-state index in [-0.39, 0.29) is 17.4 Å². The Labute approximate surface area is 116 Å². The van der Waals surface area contributed by atoms with Crippen LogP contribution in [0, 0.1) is 0 Å². The second-order valence-electron chi connectivity index (χ2n) is 4.63. The summed E-state index contributed by atoms with van der Waals surface area (Å²) in [5.74, 6) is 1.98. The van der Waals surface area contributed by atoms with Gasteiger partial charge in [0.2, 0.25) is 5.88 Å². The number of aromatic amines is 1. The number of methoxy groups -OCH3 is 1. The first-order chi connectivity index (χ1) is 9.49. The minimum absolute atomic E-state index is 0.104. The van der Waals surface area contributed by atoms with Gasteiger partial charge in [-0.1, -0.05) is 13.8 Å². The van der Waals surface area contributed by atoms with E-state index >= 15 is 0 Å². The third kappa shape index (κ3) is 3.09. The summed E-state index contributed by atoms with van der Waals surface area (Å²) in [6.07, 6.45) is 0. The minimum Gasteiger partial charge on any atom is -0.495 e. The van der Waals surface area contributed by atoms with Crippen molar-refractivity contribution in [2.24, 2.45) is 0 Å². The predicted molar refractivity (Wildman–Crippen MR) is 76.4 cm³/mol. The number of nitrogens with two attached hydrogens (primary N) is 1. The van der Waals surface area contributed by atoms with Gasteiger partial charge in [0, 0.05) is 12.0 Å². The Bertz CT molecular complexity index is 665. The van der Waals surface area contributed by atoms with Gasteiger partial charge in [-0.05, 0) is 12.1 Å². The molecule has 0 aliphatic rings. The van der Waals surface area contributed by atoms with Crippen LogP contribution >= 0.6 is 0 Å². The number of aromatic nitrogens is 2. The molecule has 6 heteroatoms. The van der Waals surface area contributed by atoms with E-state index in [9.17, 15) is 4.79 Å². The second kappa shape index (κ2) is 5.64. The Morgan fingerprint density at radius 1 is 1.30 bits per heavy atom. The van der Waals surface area contributed by atoms with Crippen LogP contribution in [0.5, 0.6) is 17.4 Å². The summed E-state index contributed by atoms with van der Waals surface area (Å²) in [5.41, 5.74) is 6.01. The lowest BCUT2D eigenvalue weighted by molar-refractivity contribution is 0.414. The maximum Gasteiger partial charge on any atom is 0.254 e. The largest absolute Gasteiger partial charge is 0.495 e. The molecular formula is C14H17N3O3. The minimum atomic E-state index is -0.250. The fourth-order valence-corrected chi connectivity index (χ4v) is 1.68. The lowest BCUT2D eigenvalue weighted by Crippen LogP contribution is -2.11. The van der Waals surface area contributed by atoms with Crippen LogP contribution in [0.25, 0.3) is 0 Å². The molecule has 0 radical (unpaired) electrons. The normalized spacial score (nSPS) is 10.6. The number of benzene rings is 1. The summed E-state index contributed by atoms with van der Waals surface area (Å²) in [6, 6.07) is 6.32. The smallest absolute Gasteiger partial charge is 0.254 e. The lowest BCUT2D eigenvalue weighted by Gasteiger charge is -2.10. The van der Waals surface area contributed by atoms with E-state index in [0.29, 0.717) is 23.0 Å². The van der Waals surface area contributed by atoms with E-state index in [2.05, 4.69) is 9.97 Å². The van der Waals surface area contributed by atoms with Crippen molar-refractivity contribution in [2.45, 2.75) is 19.8 Å². The van der Waals surface area contributed by atoms with Gasteiger partial charge >= 0.3 is 0 Å². The summed E-state index contributed by atoms with van der Waals surface area (Å²) in [7, 11) is 1.54. The molecule has 106 valence electrons. The van der Waals surface area contributed by atoms with Crippen molar-refractivity contribution in [3.63, 3.8) is 0 Å². The summed E-state index contributed by atoms with van der Waals surface area (Å²) in [5, 5.41) is 0. The van der Waals surface area contributed by atoms with Crippen molar-refractivity contribution in [2.75, 3.05) is 12.8 Å². The first-order valence-electron chi connectivity index (χ1n) is 6.22. The Kier molecular flexibility index (Phi) is 3.93. The maximum atomic E-state index is 11.6. The number of anilines is 1. The van der Waals surface area contributed by atoms with E-state index in [4.69, 9.17) is 15.2 Å². The molecule has 0 aliphatic carbocycles. The molecule has 0 atom stereocenters. The van der Waals surface area contributed by atoms with Crippen molar-refractivity contribution in [3.05, 3.63) is 40.4 Å². The number of nitrogen functional groups attached to an aromatic ring is 1. The highest BCUT2D eigenvalue weighted by Gasteiger charge is 2.08. The number of nitrogens with zero attached hydrogens (tertiary/aromatic N) is 1. The zero-order chi connectivity index (χ0) is 14.7.